The summed E-state index contributed by atoms with van der Waals surface area (Å²) in [6.45, 7) is 1.92. The molecule has 0 saturated carbocycles. The Labute approximate surface area is 117 Å². The van der Waals surface area contributed by atoms with Crippen molar-refractivity contribution >= 4 is 11.5 Å². The van der Waals surface area contributed by atoms with Crippen LogP contribution < -0.4 is 5.32 Å². The number of carbonyl (C=O) groups is 1. The summed E-state index contributed by atoms with van der Waals surface area (Å²) in [6.07, 6.45) is -0.405. The van der Waals surface area contributed by atoms with Gasteiger partial charge in [0.2, 0.25) is 0 Å². The number of hydrogen-bond donors (Lipinski definition) is 1. The van der Waals surface area contributed by atoms with Gasteiger partial charge in [0.05, 0.1) is 0 Å². The first-order valence-electron chi connectivity index (χ1n) is 6.54. The van der Waals surface area contributed by atoms with Gasteiger partial charge in [-0.15, -0.1) is 0 Å². The van der Waals surface area contributed by atoms with Gasteiger partial charge in [-0.05, 0) is 18.1 Å². The molecule has 1 saturated heterocycles. The third-order valence-electron chi connectivity index (χ3n) is 3.39. The van der Waals surface area contributed by atoms with E-state index in [2.05, 4.69) is 5.32 Å². The molecule has 0 amide bonds. The molecule has 3 rings (SSSR count). The number of cyclic esters (lactones) is 1. The van der Waals surface area contributed by atoms with Gasteiger partial charge in [-0.2, -0.15) is 0 Å². The quantitative estimate of drug-likeness (QED) is 0.669. The highest BCUT2D eigenvalue weighted by Crippen LogP contribution is 2.28. The molecule has 1 heterocycles. The fourth-order valence-corrected chi connectivity index (χ4v) is 2.26. The second-order valence-electron chi connectivity index (χ2n) is 4.71. The first kappa shape index (κ1) is 12.5. The number of esters is 1. The van der Waals surface area contributed by atoms with Crippen molar-refractivity contribution in [1.29, 1.82) is 0 Å². The lowest BCUT2D eigenvalue weighted by atomic mass is 10.1. The third-order valence-corrected chi connectivity index (χ3v) is 3.39. The van der Waals surface area contributed by atoms with Gasteiger partial charge in [0.15, 0.2) is 6.23 Å². The molecule has 1 aliphatic heterocycles. The molecule has 100 valence electrons. The zero-order valence-corrected chi connectivity index (χ0v) is 11.2. The van der Waals surface area contributed by atoms with E-state index in [1.807, 2.05) is 67.6 Å². The molecule has 2 aromatic rings. The number of allylic oxidation sites excluding steroid dienone is 1. The summed E-state index contributed by atoms with van der Waals surface area (Å²) < 4.78 is 5.39. The molecule has 2 aromatic carbocycles. The van der Waals surface area contributed by atoms with E-state index in [4.69, 9.17) is 4.74 Å². The Morgan fingerprint density at radius 1 is 1.00 bits per heavy atom. The maximum Gasteiger partial charge on any atom is 0.356 e. The molecule has 1 aliphatic rings. The van der Waals surface area contributed by atoms with Crippen molar-refractivity contribution in [3.05, 3.63) is 77.5 Å². The molecule has 1 fully saturated rings. The second kappa shape index (κ2) is 5.21. The Morgan fingerprint density at radius 3 is 2.25 bits per heavy atom. The number of hydrogen-bond acceptors (Lipinski definition) is 3. The highest BCUT2D eigenvalue weighted by Gasteiger charge is 2.30. The van der Waals surface area contributed by atoms with Gasteiger partial charge in [-0.25, -0.2) is 4.79 Å². The summed E-state index contributed by atoms with van der Waals surface area (Å²) in [6, 6.07) is 19.5. The normalized spacial score (nSPS) is 20.2. The first-order valence-corrected chi connectivity index (χ1v) is 6.54. The van der Waals surface area contributed by atoms with Crippen LogP contribution in [0.5, 0.6) is 0 Å². The first-order chi connectivity index (χ1) is 9.75. The van der Waals surface area contributed by atoms with Gasteiger partial charge >= 0.3 is 5.97 Å². The SMILES string of the molecule is C/C(=C1/NC(c2ccccc2)OC1=O)c1ccccc1. The van der Waals surface area contributed by atoms with E-state index in [0.717, 1.165) is 16.7 Å². The van der Waals surface area contributed by atoms with E-state index in [0.29, 0.717) is 5.70 Å². The van der Waals surface area contributed by atoms with Crippen LogP contribution in [-0.4, -0.2) is 5.97 Å². The molecule has 3 heteroatoms. The van der Waals surface area contributed by atoms with E-state index in [1.54, 1.807) is 0 Å². The van der Waals surface area contributed by atoms with Crippen LogP contribution in [0.3, 0.4) is 0 Å². The van der Waals surface area contributed by atoms with E-state index >= 15 is 0 Å². The molecule has 0 spiro atoms. The molecule has 0 bridgehead atoms. The van der Waals surface area contributed by atoms with E-state index in [1.165, 1.54) is 0 Å². The minimum atomic E-state index is -0.405. The largest absolute Gasteiger partial charge is 0.433 e. The summed E-state index contributed by atoms with van der Waals surface area (Å²) in [5.41, 5.74) is 3.39. The standard InChI is InChI=1S/C17H15NO2/c1-12(13-8-4-2-5-9-13)15-17(19)20-16(18-15)14-10-6-3-7-11-14/h2-11,16,18H,1H3/b15-12-. The molecule has 3 nitrogen and oxygen atoms in total. The molecule has 0 aliphatic carbocycles. The number of benzene rings is 2. The highest BCUT2D eigenvalue weighted by atomic mass is 16.6. The smallest absolute Gasteiger partial charge is 0.356 e. The fraction of sp³-hybridized carbons (Fsp3) is 0.118. The fourth-order valence-electron chi connectivity index (χ4n) is 2.26. The van der Waals surface area contributed by atoms with Crippen molar-refractivity contribution in [2.24, 2.45) is 0 Å². The van der Waals surface area contributed by atoms with Crippen molar-refractivity contribution in [1.82, 2.24) is 5.32 Å². The summed E-state index contributed by atoms with van der Waals surface area (Å²) in [7, 11) is 0. The van der Waals surface area contributed by atoms with E-state index < -0.39 is 6.23 Å². The number of ether oxygens (including phenoxy) is 1. The summed E-state index contributed by atoms with van der Waals surface area (Å²) in [5, 5.41) is 3.16. The Kier molecular flexibility index (Phi) is 3.25. The van der Waals surface area contributed by atoms with Gasteiger partial charge in [-0.3, -0.25) is 0 Å². The lowest BCUT2D eigenvalue weighted by molar-refractivity contribution is -0.139. The molecule has 20 heavy (non-hydrogen) atoms. The predicted octanol–water partition coefficient (Wildman–Crippen LogP) is 3.26. The monoisotopic (exact) mass is 265 g/mol. The van der Waals surface area contributed by atoms with Gasteiger partial charge in [0, 0.05) is 5.56 Å². The Hall–Kier alpha value is -2.55. The van der Waals surface area contributed by atoms with Crippen LogP contribution in [-0.2, 0) is 9.53 Å². The molecule has 1 unspecified atom stereocenters. The van der Waals surface area contributed by atoms with Gasteiger partial charge in [0.1, 0.15) is 5.70 Å². The lowest BCUT2D eigenvalue weighted by Crippen LogP contribution is -2.14. The van der Waals surface area contributed by atoms with Crippen molar-refractivity contribution in [3.63, 3.8) is 0 Å². The molecule has 1 atom stereocenters. The van der Waals surface area contributed by atoms with Gasteiger partial charge < -0.3 is 10.1 Å². The molecule has 0 aromatic heterocycles. The second-order valence-corrected chi connectivity index (χ2v) is 4.71. The van der Waals surface area contributed by atoms with Crippen LogP contribution in [0, 0.1) is 0 Å². The summed E-state index contributed by atoms with van der Waals surface area (Å²) >= 11 is 0. The predicted molar refractivity (Wildman–Crippen MR) is 77.4 cm³/mol. The van der Waals surface area contributed by atoms with Crippen molar-refractivity contribution in [2.45, 2.75) is 13.2 Å². The maximum absolute atomic E-state index is 12.0. The van der Waals surface area contributed by atoms with Crippen LogP contribution in [0.25, 0.3) is 5.57 Å². The number of rotatable bonds is 2. The van der Waals surface area contributed by atoms with E-state index in [9.17, 15) is 4.79 Å². The number of carbonyl (C=O) groups excluding carboxylic acids is 1. The van der Waals surface area contributed by atoms with Crippen molar-refractivity contribution in [2.75, 3.05) is 0 Å². The zero-order valence-electron chi connectivity index (χ0n) is 11.2. The molecule has 0 radical (unpaired) electrons. The van der Waals surface area contributed by atoms with Crippen LogP contribution in [0.2, 0.25) is 0 Å². The molecule has 1 N–H and O–H groups in total. The maximum atomic E-state index is 12.0. The highest BCUT2D eigenvalue weighted by molar-refractivity contribution is 5.98. The van der Waals surface area contributed by atoms with Crippen molar-refractivity contribution in [3.8, 4) is 0 Å². The minimum absolute atomic E-state index is 0.305. The summed E-state index contributed by atoms with van der Waals surface area (Å²) in [4.78, 5) is 12.0. The average Bonchev–Trinajstić information content (AvgIpc) is 2.90. The Bertz CT molecular complexity index is 647. The van der Waals surface area contributed by atoms with Crippen molar-refractivity contribution < 1.29 is 9.53 Å². The summed E-state index contributed by atoms with van der Waals surface area (Å²) in [5.74, 6) is -0.305. The Balaban J connectivity index is 1.91. The molecular formula is C17H15NO2. The van der Waals surface area contributed by atoms with Crippen LogP contribution in [0.4, 0.5) is 0 Å². The third kappa shape index (κ3) is 2.30. The lowest BCUT2D eigenvalue weighted by Gasteiger charge is -2.09. The van der Waals surface area contributed by atoms with Gasteiger partial charge in [0.25, 0.3) is 0 Å². The van der Waals surface area contributed by atoms with Crippen LogP contribution >= 0.6 is 0 Å². The minimum Gasteiger partial charge on any atom is -0.433 e. The van der Waals surface area contributed by atoms with Crippen LogP contribution in [0.1, 0.15) is 24.3 Å². The molecular weight excluding hydrogens is 250 g/mol. The van der Waals surface area contributed by atoms with E-state index in [-0.39, 0.29) is 5.97 Å². The topological polar surface area (TPSA) is 38.3 Å². The average molecular weight is 265 g/mol. The van der Waals surface area contributed by atoms with Crippen LogP contribution in [0.15, 0.2) is 66.4 Å². The Morgan fingerprint density at radius 2 is 1.60 bits per heavy atom. The van der Waals surface area contributed by atoms with Gasteiger partial charge in [-0.1, -0.05) is 60.7 Å². The number of nitrogens with one attached hydrogen (secondary N) is 1. The zero-order chi connectivity index (χ0) is 13.9.